The molecule has 2 aromatic rings. The molecule has 146 valence electrons. The molecule has 0 fully saturated rings. The Labute approximate surface area is 159 Å². The molecular formula is C17H18N6O5. The molecule has 2 N–H and O–H groups in total. The zero-order valence-electron chi connectivity index (χ0n) is 15.0. The van der Waals surface area contributed by atoms with Crippen LogP contribution in [-0.4, -0.2) is 63.8 Å². The zero-order valence-corrected chi connectivity index (χ0v) is 15.0. The molecule has 0 atom stereocenters. The van der Waals surface area contributed by atoms with Crippen LogP contribution >= 0.6 is 0 Å². The number of imide groups is 1. The van der Waals surface area contributed by atoms with Gasteiger partial charge in [0.25, 0.3) is 11.8 Å². The highest BCUT2D eigenvalue weighted by atomic mass is 16.7. The summed E-state index contributed by atoms with van der Waals surface area (Å²) >= 11 is 0. The molecule has 1 aromatic heterocycles. The summed E-state index contributed by atoms with van der Waals surface area (Å²) in [6, 6.07) is 5.92. The highest BCUT2D eigenvalue weighted by Gasteiger charge is 2.41. The first-order valence-electron chi connectivity index (χ1n) is 8.44. The van der Waals surface area contributed by atoms with Gasteiger partial charge >= 0.3 is 12.1 Å². The number of carbonyl (C=O) groups excluding carboxylic acids is 4. The second-order valence-electron chi connectivity index (χ2n) is 5.73. The summed E-state index contributed by atoms with van der Waals surface area (Å²) in [5.41, 5.74) is 0.410. The van der Waals surface area contributed by atoms with Gasteiger partial charge < -0.3 is 15.5 Å². The maximum Gasteiger partial charge on any atom is 0.454 e. The minimum atomic E-state index is -0.938. The van der Waals surface area contributed by atoms with Crippen LogP contribution in [0.25, 0.3) is 0 Å². The SMILES string of the molecule is CNC(=O)NCCCN(C(=O)On1ccnc1)N1C(=O)c2ccccc2C1=O. The van der Waals surface area contributed by atoms with E-state index >= 15 is 0 Å². The number of nitrogens with one attached hydrogen (secondary N) is 2. The molecular weight excluding hydrogens is 368 g/mol. The molecule has 1 aliphatic rings. The van der Waals surface area contributed by atoms with Gasteiger partial charge in [0.05, 0.1) is 17.3 Å². The van der Waals surface area contributed by atoms with Crippen molar-refractivity contribution in [3.63, 3.8) is 0 Å². The molecule has 11 heteroatoms. The van der Waals surface area contributed by atoms with E-state index in [1.165, 1.54) is 37.9 Å². The molecule has 2 heterocycles. The first-order valence-corrected chi connectivity index (χ1v) is 8.44. The lowest BCUT2D eigenvalue weighted by Crippen LogP contribution is -2.52. The first kappa shape index (κ1) is 18.9. The van der Waals surface area contributed by atoms with Gasteiger partial charge in [-0.05, 0) is 18.6 Å². The summed E-state index contributed by atoms with van der Waals surface area (Å²) in [6.07, 6.45) is 3.40. The lowest BCUT2D eigenvalue weighted by molar-refractivity contribution is -0.00478. The predicted octanol–water partition coefficient (Wildman–Crippen LogP) is 0.264. The number of hydrogen-bond acceptors (Lipinski definition) is 6. The van der Waals surface area contributed by atoms with E-state index in [2.05, 4.69) is 15.6 Å². The molecule has 0 saturated carbocycles. The molecule has 3 rings (SSSR count). The Bertz CT molecular complexity index is 862. The van der Waals surface area contributed by atoms with Crippen molar-refractivity contribution in [3.8, 4) is 0 Å². The van der Waals surface area contributed by atoms with Gasteiger partial charge in [0.2, 0.25) is 0 Å². The summed E-state index contributed by atoms with van der Waals surface area (Å²) in [6.45, 7) is 0.181. The molecule has 1 aromatic carbocycles. The van der Waals surface area contributed by atoms with Crippen LogP contribution in [0.4, 0.5) is 9.59 Å². The van der Waals surface area contributed by atoms with Crippen molar-refractivity contribution in [1.29, 1.82) is 0 Å². The average Bonchev–Trinajstić information content (AvgIpc) is 3.29. The normalized spacial score (nSPS) is 12.5. The second kappa shape index (κ2) is 8.20. The Morgan fingerprint density at radius 3 is 2.43 bits per heavy atom. The Hall–Kier alpha value is -3.89. The lowest BCUT2D eigenvalue weighted by Gasteiger charge is -2.28. The Morgan fingerprint density at radius 2 is 1.86 bits per heavy atom. The van der Waals surface area contributed by atoms with E-state index in [-0.39, 0.29) is 36.7 Å². The molecule has 0 saturated heterocycles. The van der Waals surface area contributed by atoms with Crippen molar-refractivity contribution in [2.75, 3.05) is 20.1 Å². The van der Waals surface area contributed by atoms with Gasteiger partial charge in [-0.3, -0.25) is 9.59 Å². The number of fused-ring (bicyclic) bond motifs is 1. The molecule has 0 unspecified atom stereocenters. The van der Waals surface area contributed by atoms with E-state index in [4.69, 9.17) is 4.84 Å². The maximum absolute atomic E-state index is 12.7. The third-order valence-electron chi connectivity index (χ3n) is 3.95. The van der Waals surface area contributed by atoms with Crippen LogP contribution in [0.1, 0.15) is 27.1 Å². The molecule has 0 radical (unpaired) electrons. The summed E-state index contributed by atoms with van der Waals surface area (Å²) in [4.78, 5) is 58.2. The second-order valence-corrected chi connectivity index (χ2v) is 5.73. The number of nitrogens with zero attached hydrogens (tertiary/aromatic N) is 4. The number of benzene rings is 1. The smallest absolute Gasteiger partial charge is 0.341 e. The predicted molar refractivity (Wildman–Crippen MR) is 94.9 cm³/mol. The number of hydrogen-bond donors (Lipinski definition) is 2. The fourth-order valence-corrected chi connectivity index (χ4v) is 2.63. The van der Waals surface area contributed by atoms with E-state index in [1.54, 1.807) is 12.1 Å². The molecule has 28 heavy (non-hydrogen) atoms. The third kappa shape index (κ3) is 3.77. The Morgan fingerprint density at radius 1 is 1.18 bits per heavy atom. The highest BCUT2D eigenvalue weighted by Crippen LogP contribution is 2.24. The van der Waals surface area contributed by atoms with Gasteiger partial charge in [-0.1, -0.05) is 12.1 Å². The van der Waals surface area contributed by atoms with E-state index in [1.807, 2.05) is 0 Å². The van der Waals surface area contributed by atoms with E-state index in [9.17, 15) is 19.2 Å². The van der Waals surface area contributed by atoms with Crippen molar-refractivity contribution in [3.05, 3.63) is 54.1 Å². The van der Waals surface area contributed by atoms with Gasteiger partial charge in [-0.15, -0.1) is 0 Å². The number of hydrazine groups is 1. The third-order valence-corrected chi connectivity index (χ3v) is 3.95. The molecule has 11 nitrogen and oxygen atoms in total. The molecule has 0 spiro atoms. The fourth-order valence-electron chi connectivity index (χ4n) is 2.63. The van der Waals surface area contributed by atoms with Crippen molar-refractivity contribution in [2.24, 2.45) is 0 Å². The topological polar surface area (TPSA) is 126 Å². The van der Waals surface area contributed by atoms with Gasteiger partial charge in [0, 0.05) is 26.3 Å². The summed E-state index contributed by atoms with van der Waals surface area (Å²) in [7, 11) is 1.48. The largest absolute Gasteiger partial charge is 0.454 e. The van der Waals surface area contributed by atoms with Crippen LogP contribution in [0.3, 0.4) is 0 Å². The van der Waals surface area contributed by atoms with Crippen LogP contribution < -0.4 is 15.5 Å². The van der Waals surface area contributed by atoms with Crippen molar-refractivity contribution in [1.82, 2.24) is 30.4 Å². The van der Waals surface area contributed by atoms with Crippen LogP contribution in [0.15, 0.2) is 43.0 Å². The first-order chi connectivity index (χ1) is 13.5. The van der Waals surface area contributed by atoms with E-state index < -0.39 is 17.9 Å². The summed E-state index contributed by atoms with van der Waals surface area (Å²) < 4.78 is 1.05. The molecule has 0 bridgehead atoms. The van der Waals surface area contributed by atoms with Gasteiger partial charge in [0.1, 0.15) is 6.33 Å². The van der Waals surface area contributed by atoms with Crippen LogP contribution in [0, 0.1) is 0 Å². The molecule has 0 aliphatic carbocycles. The van der Waals surface area contributed by atoms with Crippen LogP contribution in [0.5, 0.6) is 0 Å². The standard InChI is InChI=1S/C17H18N6O5/c1-18-16(26)20-7-4-9-22(17(27)28-21-10-8-19-11-21)23-14(24)12-5-2-3-6-13(12)15(23)25/h2-3,5-6,8,10-11H,4,7,9H2,1H3,(H2,18,20,26). The Kier molecular flexibility index (Phi) is 5.53. The molecule has 1 aliphatic heterocycles. The van der Waals surface area contributed by atoms with E-state index in [0.29, 0.717) is 0 Å². The summed E-state index contributed by atoms with van der Waals surface area (Å²) in [5.74, 6) is -1.25. The van der Waals surface area contributed by atoms with Gasteiger partial charge in [0.15, 0.2) is 0 Å². The van der Waals surface area contributed by atoms with Gasteiger partial charge in [-0.2, -0.15) is 9.74 Å². The number of imidazole rings is 1. The highest BCUT2D eigenvalue weighted by molar-refractivity contribution is 6.21. The zero-order chi connectivity index (χ0) is 20.1. The number of urea groups is 1. The van der Waals surface area contributed by atoms with Gasteiger partial charge in [-0.25, -0.2) is 19.6 Å². The Balaban J connectivity index is 1.77. The van der Waals surface area contributed by atoms with Crippen molar-refractivity contribution >= 4 is 23.9 Å². The van der Waals surface area contributed by atoms with Crippen molar-refractivity contribution in [2.45, 2.75) is 6.42 Å². The van der Waals surface area contributed by atoms with Crippen molar-refractivity contribution < 1.29 is 24.0 Å². The number of aromatic nitrogens is 2. The van der Waals surface area contributed by atoms with Crippen LogP contribution in [-0.2, 0) is 0 Å². The minimum Gasteiger partial charge on any atom is -0.341 e. The quantitative estimate of drug-likeness (QED) is 0.542. The monoisotopic (exact) mass is 386 g/mol. The average molecular weight is 386 g/mol. The van der Waals surface area contributed by atoms with E-state index in [0.717, 1.165) is 14.7 Å². The van der Waals surface area contributed by atoms with Crippen LogP contribution in [0.2, 0.25) is 0 Å². The number of rotatable bonds is 6. The molecule has 5 amide bonds. The minimum absolute atomic E-state index is 0.0387. The lowest BCUT2D eigenvalue weighted by atomic mass is 10.1. The summed E-state index contributed by atoms with van der Waals surface area (Å²) in [5, 5.41) is 6.64. The fraction of sp³-hybridized carbons (Fsp3) is 0.235. The number of amides is 5. The number of carbonyl (C=O) groups is 4. The maximum atomic E-state index is 12.7.